The Morgan fingerprint density at radius 3 is 2.64 bits per heavy atom. The maximum absolute atomic E-state index is 13.5. The number of halogens is 2. The summed E-state index contributed by atoms with van der Waals surface area (Å²) >= 11 is 12.1. The van der Waals surface area contributed by atoms with Crippen molar-refractivity contribution in [1.29, 1.82) is 0 Å². The average Bonchev–Trinajstić information content (AvgIpc) is 2.82. The number of aromatic nitrogens is 2. The molecule has 0 saturated carbocycles. The van der Waals surface area contributed by atoms with Gasteiger partial charge in [0.05, 0.1) is 16.6 Å². The molecule has 2 aromatic heterocycles. The predicted octanol–water partition coefficient (Wildman–Crippen LogP) is 6.05. The number of pyridine rings is 2. The van der Waals surface area contributed by atoms with E-state index in [1.165, 1.54) is 0 Å². The molecule has 0 radical (unpaired) electrons. The minimum atomic E-state index is -0.191. The van der Waals surface area contributed by atoms with Gasteiger partial charge in [-0.25, -0.2) is 4.98 Å². The first-order valence-electron chi connectivity index (χ1n) is 10.3. The van der Waals surface area contributed by atoms with Crippen LogP contribution in [0.3, 0.4) is 0 Å². The van der Waals surface area contributed by atoms with Gasteiger partial charge in [0.15, 0.2) is 5.65 Å². The van der Waals surface area contributed by atoms with E-state index < -0.39 is 0 Å². The molecule has 0 amide bonds. The molecule has 6 heteroatoms. The van der Waals surface area contributed by atoms with Crippen LogP contribution in [0.1, 0.15) is 11.1 Å². The van der Waals surface area contributed by atoms with Gasteiger partial charge in [-0.05, 0) is 48.4 Å². The molecule has 4 nitrogen and oxygen atoms in total. The van der Waals surface area contributed by atoms with Gasteiger partial charge in [0.1, 0.15) is 12.4 Å². The number of fused-ring (bicyclic) bond motifs is 1. The maximum atomic E-state index is 13.5. The number of hydrogen-bond acceptors (Lipinski definition) is 3. The smallest absolute Gasteiger partial charge is 0.264 e. The molecule has 0 aliphatic heterocycles. The number of benzene rings is 2. The highest BCUT2D eigenvalue weighted by atomic mass is 35.5. The van der Waals surface area contributed by atoms with Gasteiger partial charge >= 0.3 is 0 Å². The molecule has 0 saturated heterocycles. The molecule has 0 atom stereocenters. The van der Waals surface area contributed by atoms with Gasteiger partial charge in [0.25, 0.3) is 5.56 Å². The Morgan fingerprint density at radius 2 is 1.88 bits per heavy atom. The first kappa shape index (κ1) is 22.7. The molecular weight excluding hydrogens is 455 g/mol. The summed E-state index contributed by atoms with van der Waals surface area (Å²) in [6.07, 6.45) is 4.18. The molecule has 0 unspecified atom stereocenters. The van der Waals surface area contributed by atoms with E-state index in [1.807, 2.05) is 48.5 Å². The van der Waals surface area contributed by atoms with Crippen LogP contribution in [0.4, 0.5) is 0 Å². The van der Waals surface area contributed by atoms with E-state index in [0.29, 0.717) is 39.8 Å². The Morgan fingerprint density at radius 1 is 1.06 bits per heavy atom. The Bertz CT molecular complexity index is 1430. The lowest BCUT2D eigenvalue weighted by molar-refractivity contribution is 0.370. The third kappa shape index (κ3) is 4.96. The number of allylic oxidation sites excluding steroid dienone is 1. The molecule has 4 aromatic rings. The highest BCUT2D eigenvalue weighted by Gasteiger charge is 2.18. The van der Waals surface area contributed by atoms with Crippen molar-refractivity contribution in [2.75, 3.05) is 6.61 Å². The highest BCUT2D eigenvalue weighted by Crippen LogP contribution is 2.28. The topological polar surface area (TPSA) is 44.1 Å². The second-order valence-corrected chi connectivity index (χ2v) is 8.05. The van der Waals surface area contributed by atoms with E-state index in [4.69, 9.17) is 27.9 Å². The van der Waals surface area contributed by atoms with E-state index in [-0.39, 0.29) is 12.2 Å². The summed E-state index contributed by atoms with van der Waals surface area (Å²) in [5, 5.41) is 1.90. The number of hydrogen-bond donors (Lipinski definition) is 0. The zero-order valence-corrected chi connectivity index (χ0v) is 19.2. The Balaban J connectivity index is 1.69. The minimum Gasteiger partial charge on any atom is -0.480 e. The van der Waals surface area contributed by atoms with E-state index in [0.717, 1.165) is 16.6 Å². The number of para-hydroxylation sites is 1. The quantitative estimate of drug-likeness (QED) is 0.252. The van der Waals surface area contributed by atoms with Gasteiger partial charge in [-0.2, -0.15) is 0 Å². The second-order valence-electron chi connectivity index (χ2n) is 7.21. The van der Waals surface area contributed by atoms with E-state index >= 15 is 0 Å². The van der Waals surface area contributed by atoms with Gasteiger partial charge in [-0.15, -0.1) is 6.58 Å². The van der Waals surface area contributed by atoms with Gasteiger partial charge in [-0.1, -0.05) is 65.4 Å². The Kier molecular flexibility index (Phi) is 7.14. The molecule has 2 aromatic carbocycles. The molecule has 2 heterocycles. The van der Waals surface area contributed by atoms with Crippen LogP contribution in [0.25, 0.3) is 16.7 Å². The molecule has 164 valence electrons. The van der Waals surface area contributed by atoms with Gasteiger partial charge < -0.3 is 4.74 Å². The lowest BCUT2D eigenvalue weighted by atomic mass is 10.1. The molecule has 0 spiro atoms. The summed E-state index contributed by atoms with van der Waals surface area (Å²) in [5.41, 5.74) is 2.47. The van der Waals surface area contributed by atoms with Crippen LogP contribution in [0.15, 0.2) is 84.3 Å². The molecule has 0 aliphatic rings. The van der Waals surface area contributed by atoms with Gasteiger partial charge in [0, 0.05) is 22.7 Å². The Labute approximate surface area is 202 Å². The highest BCUT2D eigenvalue weighted by molar-refractivity contribution is 6.35. The number of rotatable bonds is 6. The summed E-state index contributed by atoms with van der Waals surface area (Å²) in [4.78, 5) is 17.9. The molecule has 0 bridgehead atoms. The lowest BCUT2D eigenvalue weighted by Crippen LogP contribution is -2.24. The van der Waals surface area contributed by atoms with Crippen molar-refractivity contribution in [3.8, 4) is 23.3 Å². The van der Waals surface area contributed by atoms with Crippen LogP contribution >= 0.6 is 23.2 Å². The first-order chi connectivity index (χ1) is 16.1. The van der Waals surface area contributed by atoms with E-state index in [1.54, 1.807) is 29.0 Å². The van der Waals surface area contributed by atoms with E-state index in [2.05, 4.69) is 23.4 Å². The fourth-order valence-corrected chi connectivity index (χ4v) is 4.01. The van der Waals surface area contributed by atoms with Crippen molar-refractivity contribution in [3.05, 3.63) is 111 Å². The molecule has 0 N–H and O–H groups in total. The summed E-state index contributed by atoms with van der Waals surface area (Å²) in [5.74, 6) is 6.55. The third-order valence-electron chi connectivity index (χ3n) is 5.05. The van der Waals surface area contributed by atoms with E-state index in [9.17, 15) is 4.79 Å². The van der Waals surface area contributed by atoms with Crippen LogP contribution in [0.2, 0.25) is 10.0 Å². The number of nitrogens with zero attached hydrogens (tertiary/aromatic N) is 2. The van der Waals surface area contributed by atoms with Crippen molar-refractivity contribution in [2.45, 2.75) is 12.8 Å². The van der Waals surface area contributed by atoms with Crippen molar-refractivity contribution >= 4 is 34.2 Å². The molecule has 4 rings (SSSR count). The number of ether oxygens (including phenoxy) is 1. The van der Waals surface area contributed by atoms with Crippen LogP contribution < -0.4 is 10.3 Å². The van der Waals surface area contributed by atoms with Gasteiger partial charge in [-0.3, -0.25) is 9.36 Å². The van der Waals surface area contributed by atoms with Gasteiger partial charge in [0.2, 0.25) is 0 Å². The first-order valence-corrected chi connectivity index (χ1v) is 11.1. The van der Waals surface area contributed by atoms with Crippen molar-refractivity contribution in [1.82, 2.24) is 9.55 Å². The zero-order chi connectivity index (χ0) is 23.2. The van der Waals surface area contributed by atoms with Crippen LogP contribution in [-0.4, -0.2) is 16.2 Å². The van der Waals surface area contributed by atoms with Crippen molar-refractivity contribution in [3.63, 3.8) is 0 Å². The summed E-state index contributed by atoms with van der Waals surface area (Å²) in [6, 6.07) is 18.5. The standard InChI is InChI=1S/C27H20Cl2N2O2/c1-2-9-23-25(33-17-7-6-10-19-14-15-20(28)18-24(19)29)22-13-8-16-30-26(22)31(27(23)32)21-11-4-3-5-12-21/h2-5,8,11-16,18H,1,9-10,17H2. The molecule has 0 aliphatic carbocycles. The second kappa shape index (κ2) is 10.4. The van der Waals surface area contributed by atoms with Crippen LogP contribution in [0, 0.1) is 11.8 Å². The zero-order valence-electron chi connectivity index (χ0n) is 17.7. The Hall–Kier alpha value is -3.52. The fourth-order valence-electron chi connectivity index (χ4n) is 3.53. The lowest BCUT2D eigenvalue weighted by Gasteiger charge is -2.16. The van der Waals surface area contributed by atoms with Crippen LogP contribution in [0.5, 0.6) is 5.75 Å². The fraction of sp³-hybridized carbons (Fsp3) is 0.111. The van der Waals surface area contributed by atoms with Crippen molar-refractivity contribution < 1.29 is 4.74 Å². The molecular formula is C27H20Cl2N2O2. The maximum Gasteiger partial charge on any atom is 0.264 e. The van der Waals surface area contributed by atoms with Crippen LogP contribution in [-0.2, 0) is 12.8 Å². The minimum absolute atomic E-state index is 0.119. The SMILES string of the molecule is C=CCc1c(OCC#CCc2ccc(Cl)cc2Cl)c2cccnc2n(-c2ccccc2)c1=O. The summed E-state index contributed by atoms with van der Waals surface area (Å²) < 4.78 is 7.64. The third-order valence-corrected chi connectivity index (χ3v) is 5.64. The molecule has 0 fully saturated rings. The van der Waals surface area contributed by atoms with Crippen molar-refractivity contribution in [2.24, 2.45) is 0 Å². The monoisotopic (exact) mass is 474 g/mol. The largest absolute Gasteiger partial charge is 0.480 e. The molecule has 33 heavy (non-hydrogen) atoms. The summed E-state index contributed by atoms with van der Waals surface area (Å²) in [6.45, 7) is 3.93. The predicted molar refractivity (Wildman–Crippen MR) is 135 cm³/mol. The normalized spacial score (nSPS) is 10.5. The summed E-state index contributed by atoms with van der Waals surface area (Å²) in [7, 11) is 0. The average molecular weight is 475 g/mol.